The van der Waals surface area contributed by atoms with Gasteiger partial charge in [0.25, 0.3) is 0 Å². The maximum Gasteiger partial charge on any atom is 0.313 e. The highest BCUT2D eigenvalue weighted by molar-refractivity contribution is 6.39. The molecule has 0 radical (unpaired) electrons. The molecule has 6 heteroatoms. The smallest absolute Gasteiger partial charge is 0.313 e. The van der Waals surface area contributed by atoms with Gasteiger partial charge in [0.05, 0.1) is 14.2 Å². The molecule has 1 saturated heterocycles. The van der Waals surface area contributed by atoms with E-state index in [9.17, 15) is 9.59 Å². The second-order valence-corrected chi connectivity index (χ2v) is 5.37. The molecule has 2 amide bonds. The number of hydrogen-bond acceptors (Lipinski definition) is 4. The number of likely N-dealkylation sites (tertiary alicyclic amines) is 1. The molecule has 0 bridgehead atoms. The molecule has 1 heterocycles. The van der Waals surface area contributed by atoms with E-state index in [-0.39, 0.29) is 6.04 Å². The lowest BCUT2D eigenvalue weighted by Gasteiger charge is -2.32. The molecule has 0 spiro atoms. The topological polar surface area (TPSA) is 67.9 Å². The molecule has 1 aromatic carbocycles. The molecule has 22 heavy (non-hydrogen) atoms. The first kappa shape index (κ1) is 16.1. The molecule has 120 valence electrons. The first-order chi connectivity index (χ1) is 10.6. The number of anilines is 1. The monoisotopic (exact) mass is 306 g/mol. The van der Waals surface area contributed by atoms with Gasteiger partial charge in [0.2, 0.25) is 0 Å². The number of piperidine rings is 1. The summed E-state index contributed by atoms with van der Waals surface area (Å²) >= 11 is 0. The van der Waals surface area contributed by atoms with Crippen LogP contribution in [-0.2, 0) is 9.59 Å². The van der Waals surface area contributed by atoms with Crippen molar-refractivity contribution in [3.63, 3.8) is 0 Å². The summed E-state index contributed by atoms with van der Waals surface area (Å²) in [6, 6.07) is 5.09. The molecule has 6 nitrogen and oxygen atoms in total. The van der Waals surface area contributed by atoms with Gasteiger partial charge in [0.1, 0.15) is 0 Å². The molecule has 0 saturated carbocycles. The molecule has 0 aromatic heterocycles. The molecular weight excluding hydrogens is 284 g/mol. The van der Waals surface area contributed by atoms with Crippen LogP contribution in [0.4, 0.5) is 5.69 Å². The van der Waals surface area contributed by atoms with Crippen molar-refractivity contribution < 1.29 is 19.1 Å². The predicted octanol–water partition coefficient (Wildman–Crippen LogP) is 2.04. The van der Waals surface area contributed by atoms with Gasteiger partial charge in [-0.2, -0.15) is 0 Å². The van der Waals surface area contributed by atoms with E-state index in [0.29, 0.717) is 23.7 Å². The van der Waals surface area contributed by atoms with Crippen LogP contribution >= 0.6 is 0 Å². The second kappa shape index (κ2) is 7.15. The van der Waals surface area contributed by atoms with Crippen molar-refractivity contribution in [2.24, 2.45) is 0 Å². The van der Waals surface area contributed by atoms with E-state index in [4.69, 9.17) is 9.47 Å². The fourth-order valence-corrected chi connectivity index (χ4v) is 2.63. The van der Waals surface area contributed by atoms with Gasteiger partial charge in [0.15, 0.2) is 11.5 Å². The Hall–Kier alpha value is -2.24. The van der Waals surface area contributed by atoms with Crippen molar-refractivity contribution in [3.8, 4) is 11.5 Å². The highest BCUT2D eigenvalue weighted by Crippen LogP contribution is 2.29. The minimum absolute atomic E-state index is 0.109. The van der Waals surface area contributed by atoms with E-state index in [1.165, 1.54) is 14.2 Å². The van der Waals surface area contributed by atoms with Crippen molar-refractivity contribution in [2.45, 2.75) is 32.2 Å². The summed E-state index contributed by atoms with van der Waals surface area (Å²) in [5, 5.41) is 2.62. The van der Waals surface area contributed by atoms with Gasteiger partial charge in [-0.15, -0.1) is 0 Å². The van der Waals surface area contributed by atoms with Gasteiger partial charge in [-0.3, -0.25) is 9.59 Å². The minimum Gasteiger partial charge on any atom is -0.493 e. The fourth-order valence-electron chi connectivity index (χ4n) is 2.63. The third-order valence-corrected chi connectivity index (χ3v) is 3.90. The average molecular weight is 306 g/mol. The highest BCUT2D eigenvalue weighted by atomic mass is 16.5. The molecule has 1 fully saturated rings. The van der Waals surface area contributed by atoms with Gasteiger partial charge >= 0.3 is 11.8 Å². The number of ether oxygens (including phenoxy) is 2. The zero-order valence-corrected chi connectivity index (χ0v) is 13.2. The van der Waals surface area contributed by atoms with E-state index < -0.39 is 11.8 Å². The SMILES string of the molecule is COc1ccc(NC(=O)C(=O)N2CCCCC2C)cc1OC. The van der Waals surface area contributed by atoms with Crippen LogP contribution in [-0.4, -0.2) is 43.5 Å². The standard InChI is InChI=1S/C16H22N2O4/c1-11-6-4-5-9-18(11)16(20)15(19)17-12-7-8-13(21-2)14(10-12)22-3/h7-8,10-11H,4-6,9H2,1-3H3,(H,17,19). The molecule has 1 aromatic rings. The van der Waals surface area contributed by atoms with Crippen LogP contribution in [0.3, 0.4) is 0 Å². The molecule has 1 aliphatic rings. The Morgan fingerprint density at radius 3 is 2.55 bits per heavy atom. The highest BCUT2D eigenvalue weighted by Gasteiger charge is 2.28. The van der Waals surface area contributed by atoms with Crippen molar-refractivity contribution in [2.75, 3.05) is 26.1 Å². The largest absolute Gasteiger partial charge is 0.493 e. The number of carbonyl (C=O) groups excluding carboxylic acids is 2. The second-order valence-electron chi connectivity index (χ2n) is 5.37. The number of benzene rings is 1. The van der Waals surface area contributed by atoms with Crippen LogP contribution in [0.5, 0.6) is 11.5 Å². The molecule has 1 aliphatic heterocycles. The van der Waals surface area contributed by atoms with E-state index in [2.05, 4.69) is 5.32 Å². The lowest BCUT2D eigenvalue weighted by Crippen LogP contribution is -2.47. The van der Waals surface area contributed by atoms with Crippen molar-refractivity contribution >= 4 is 17.5 Å². The summed E-state index contributed by atoms with van der Waals surface area (Å²) in [4.78, 5) is 26.0. The zero-order chi connectivity index (χ0) is 16.1. The summed E-state index contributed by atoms with van der Waals surface area (Å²) in [7, 11) is 3.06. The molecule has 2 rings (SSSR count). The first-order valence-corrected chi connectivity index (χ1v) is 7.40. The quantitative estimate of drug-likeness (QED) is 0.868. The molecule has 1 N–H and O–H groups in total. The Balaban J connectivity index is 2.06. The third kappa shape index (κ3) is 3.50. The van der Waals surface area contributed by atoms with Crippen LogP contribution in [0.2, 0.25) is 0 Å². The maximum atomic E-state index is 12.2. The summed E-state index contributed by atoms with van der Waals surface area (Å²) in [5.41, 5.74) is 0.501. The lowest BCUT2D eigenvalue weighted by atomic mass is 10.0. The van der Waals surface area contributed by atoms with Gasteiger partial charge in [-0.1, -0.05) is 0 Å². The van der Waals surface area contributed by atoms with Crippen LogP contribution in [0.15, 0.2) is 18.2 Å². The van der Waals surface area contributed by atoms with E-state index in [1.54, 1.807) is 23.1 Å². The number of carbonyl (C=O) groups is 2. The van der Waals surface area contributed by atoms with Gasteiger partial charge in [0, 0.05) is 24.3 Å². The van der Waals surface area contributed by atoms with Crippen molar-refractivity contribution in [3.05, 3.63) is 18.2 Å². The van der Waals surface area contributed by atoms with Gasteiger partial charge < -0.3 is 19.7 Å². The summed E-state index contributed by atoms with van der Waals surface area (Å²) < 4.78 is 10.3. The van der Waals surface area contributed by atoms with Gasteiger partial charge in [-0.25, -0.2) is 0 Å². The Morgan fingerprint density at radius 1 is 1.18 bits per heavy atom. The number of amides is 2. The van der Waals surface area contributed by atoms with Gasteiger partial charge in [-0.05, 0) is 38.3 Å². The third-order valence-electron chi connectivity index (χ3n) is 3.90. The average Bonchev–Trinajstić information content (AvgIpc) is 2.54. The zero-order valence-electron chi connectivity index (χ0n) is 13.2. The van der Waals surface area contributed by atoms with Crippen LogP contribution in [0, 0.1) is 0 Å². The normalized spacial score (nSPS) is 17.8. The van der Waals surface area contributed by atoms with E-state index in [0.717, 1.165) is 19.3 Å². The number of methoxy groups -OCH3 is 2. The molecule has 0 aliphatic carbocycles. The number of nitrogens with zero attached hydrogens (tertiary/aromatic N) is 1. The fraction of sp³-hybridized carbons (Fsp3) is 0.500. The van der Waals surface area contributed by atoms with Crippen LogP contribution in [0.1, 0.15) is 26.2 Å². The Kier molecular flexibility index (Phi) is 5.25. The minimum atomic E-state index is -0.624. The Bertz CT molecular complexity index is 559. The van der Waals surface area contributed by atoms with E-state index in [1.807, 2.05) is 6.92 Å². The van der Waals surface area contributed by atoms with Crippen LogP contribution < -0.4 is 14.8 Å². The predicted molar refractivity (Wildman–Crippen MR) is 83.2 cm³/mol. The Morgan fingerprint density at radius 2 is 1.91 bits per heavy atom. The summed E-state index contributed by atoms with van der Waals surface area (Å²) in [6.07, 6.45) is 2.98. The molecule has 1 unspecified atom stereocenters. The number of hydrogen-bond donors (Lipinski definition) is 1. The number of nitrogens with one attached hydrogen (secondary N) is 1. The molecular formula is C16H22N2O4. The lowest BCUT2D eigenvalue weighted by molar-refractivity contribution is -0.145. The Labute approximate surface area is 130 Å². The molecule has 1 atom stereocenters. The maximum absolute atomic E-state index is 12.2. The number of rotatable bonds is 3. The van der Waals surface area contributed by atoms with Crippen LogP contribution in [0.25, 0.3) is 0 Å². The van der Waals surface area contributed by atoms with Crippen molar-refractivity contribution in [1.82, 2.24) is 4.90 Å². The first-order valence-electron chi connectivity index (χ1n) is 7.40. The summed E-state index contributed by atoms with van der Waals surface area (Å²) in [6.45, 7) is 2.61. The van der Waals surface area contributed by atoms with Crippen molar-refractivity contribution in [1.29, 1.82) is 0 Å². The summed E-state index contributed by atoms with van der Waals surface area (Å²) in [5.74, 6) is -0.0430. The van der Waals surface area contributed by atoms with E-state index >= 15 is 0 Å².